The second kappa shape index (κ2) is 2.85. The fraction of sp³-hybridized carbons (Fsp3) is 0.500. The lowest BCUT2D eigenvalue weighted by molar-refractivity contribution is 0.133. The Morgan fingerprint density at radius 1 is 1.46 bits per heavy atom. The van der Waals surface area contributed by atoms with E-state index in [1.165, 1.54) is 5.56 Å². The van der Waals surface area contributed by atoms with Crippen LogP contribution >= 0.6 is 0 Å². The van der Waals surface area contributed by atoms with E-state index in [-0.39, 0.29) is 0 Å². The van der Waals surface area contributed by atoms with E-state index in [0.29, 0.717) is 5.92 Å². The minimum absolute atomic E-state index is 0.431. The predicted molar refractivity (Wildman–Crippen MR) is 53.5 cm³/mol. The largest absolute Gasteiger partial charge is 0.385 e. The lowest BCUT2D eigenvalue weighted by atomic mass is 9.98. The van der Waals surface area contributed by atoms with Crippen LogP contribution in [0.2, 0.25) is 0 Å². The summed E-state index contributed by atoms with van der Waals surface area (Å²) in [6.07, 6.45) is 1.93. The zero-order valence-electron chi connectivity index (χ0n) is 8.25. The predicted octanol–water partition coefficient (Wildman–Crippen LogP) is 2.48. The molecule has 0 aromatic heterocycles. The highest BCUT2D eigenvalue weighted by Gasteiger charge is 2.51. The summed E-state index contributed by atoms with van der Waals surface area (Å²) in [6, 6.07) is 8.22. The summed E-state index contributed by atoms with van der Waals surface area (Å²) >= 11 is 0. The third kappa shape index (κ3) is 1.28. The van der Waals surface area contributed by atoms with Gasteiger partial charge >= 0.3 is 0 Å². The Morgan fingerprint density at radius 3 is 2.62 bits per heavy atom. The van der Waals surface area contributed by atoms with E-state index in [1.807, 2.05) is 12.1 Å². The van der Waals surface area contributed by atoms with Gasteiger partial charge in [0.2, 0.25) is 0 Å². The minimum atomic E-state index is -0.507. The van der Waals surface area contributed by atoms with Crippen molar-refractivity contribution in [3.63, 3.8) is 0 Å². The highest BCUT2D eigenvalue weighted by molar-refractivity contribution is 5.36. The Kier molecular flexibility index (Phi) is 1.92. The number of hydrogen-bond acceptors (Lipinski definition) is 1. The molecule has 0 saturated heterocycles. The fourth-order valence-corrected chi connectivity index (χ4v) is 2.03. The van der Waals surface area contributed by atoms with Crippen molar-refractivity contribution in [2.75, 3.05) is 0 Å². The summed E-state index contributed by atoms with van der Waals surface area (Å²) in [5, 5.41) is 10.2. The number of aliphatic hydroxyl groups is 1. The Morgan fingerprint density at radius 2 is 2.08 bits per heavy atom. The molecule has 0 bridgehead atoms. The van der Waals surface area contributed by atoms with Gasteiger partial charge in [0.15, 0.2) is 0 Å². The molecule has 13 heavy (non-hydrogen) atoms. The van der Waals surface area contributed by atoms with Crippen LogP contribution in [-0.4, -0.2) is 5.11 Å². The van der Waals surface area contributed by atoms with Crippen LogP contribution in [0.25, 0.3) is 0 Å². The maximum Gasteiger partial charge on any atom is 0.0929 e. The number of rotatable bonds is 2. The summed E-state index contributed by atoms with van der Waals surface area (Å²) < 4.78 is 0. The molecule has 70 valence electrons. The molecule has 1 aromatic rings. The Bertz CT molecular complexity index is 319. The molecule has 0 radical (unpaired) electrons. The van der Waals surface area contributed by atoms with Crippen LogP contribution < -0.4 is 0 Å². The van der Waals surface area contributed by atoms with E-state index in [0.717, 1.165) is 18.4 Å². The first-order valence-electron chi connectivity index (χ1n) is 4.99. The van der Waals surface area contributed by atoms with Gasteiger partial charge < -0.3 is 5.11 Å². The van der Waals surface area contributed by atoms with Gasteiger partial charge in [-0.3, -0.25) is 0 Å². The Balaban J connectivity index is 2.40. The van der Waals surface area contributed by atoms with E-state index in [1.54, 1.807) is 0 Å². The zero-order valence-corrected chi connectivity index (χ0v) is 8.25. The topological polar surface area (TPSA) is 20.2 Å². The van der Waals surface area contributed by atoms with Crippen LogP contribution in [0.1, 0.15) is 31.4 Å². The van der Waals surface area contributed by atoms with E-state index >= 15 is 0 Å². The highest BCUT2D eigenvalue weighted by atomic mass is 16.3. The second-order valence-corrected chi connectivity index (χ2v) is 4.04. The molecule has 1 aromatic carbocycles. The summed E-state index contributed by atoms with van der Waals surface area (Å²) in [5.41, 5.74) is 1.92. The van der Waals surface area contributed by atoms with Crippen molar-refractivity contribution in [3.05, 3.63) is 35.4 Å². The second-order valence-electron chi connectivity index (χ2n) is 4.04. The molecule has 1 fully saturated rings. The summed E-state index contributed by atoms with van der Waals surface area (Å²) in [6.45, 7) is 4.24. The SMILES string of the molecule is CCc1ccccc1C1(O)CC1C. The fourth-order valence-electron chi connectivity index (χ4n) is 2.03. The third-order valence-electron chi connectivity index (χ3n) is 3.14. The van der Waals surface area contributed by atoms with Crippen molar-refractivity contribution in [1.29, 1.82) is 0 Å². The van der Waals surface area contributed by atoms with Crippen LogP contribution in [0.15, 0.2) is 24.3 Å². The number of benzene rings is 1. The van der Waals surface area contributed by atoms with Gasteiger partial charge in [0.25, 0.3) is 0 Å². The molecule has 2 atom stereocenters. The summed E-state index contributed by atoms with van der Waals surface area (Å²) in [4.78, 5) is 0. The van der Waals surface area contributed by atoms with Gasteiger partial charge in [-0.25, -0.2) is 0 Å². The zero-order chi connectivity index (χ0) is 9.47. The molecule has 0 spiro atoms. The van der Waals surface area contributed by atoms with Crippen molar-refractivity contribution in [1.82, 2.24) is 0 Å². The van der Waals surface area contributed by atoms with Crippen molar-refractivity contribution < 1.29 is 5.11 Å². The lowest BCUT2D eigenvalue weighted by Gasteiger charge is -2.13. The van der Waals surface area contributed by atoms with Gasteiger partial charge in [-0.05, 0) is 29.9 Å². The summed E-state index contributed by atoms with van der Waals surface area (Å²) in [7, 11) is 0. The smallest absolute Gasteiger partial charge is 0.0929 e. The standard InChI is InChI=1S/C12H16O/c1-3-10-6-4-5-7-11(10)12(13)8-9(12)2/h4-7,9,13H,3,8H2,1-2H3. The quantitative estimate of drug-likeness (QED) is 0.734. The van der Waals surface area contributed by atoms with Crippen LogP contribution in [0.3, 0.4) is 0 Å². The highest BCUT2D eigenvalue weighted by Crippen LogP contribution is 2.52. The van der Waals surface area contributed by atoms with Crippen molar-refractivity contribution in [2.24, 2.45) is 5.92 Å². The van der Waals surface area contributed by atoms with E-state index < -0.39 is 5.60 Å². The van der Waals surface area contributed by atoms with Crippen molar-refractivity contribution in [3.8, 4) is 0 Å². The lowest BCUT2D eigenvalue weighted by Crippen LogP contribution is -2.10. The average Bonchev–Trinajstić information content (AvgIpc) is 2.76. The molecule has 1 aliphatic rings. The van der Waals surface area contributed by atoms with Crippen LogP contribution in [-0.2, 0) is 12.0 Å². The third-order valence-corrected chi connectivity index (χ3v) is 3.14. The Labute approximate surface area is 79.4 Å². The van der Waals surface area contributed by atoms with Crippen molar-refractivity contribution in [2.45, 2.75) is 32.3 Å². The van der Waals surface area contributed by atoms with E-state index in [4.69, 9.17) is 0 Å². The maximum absolute atomic E-state index is 10.2. The van der Waals surface area contributed by atoms with Crippen LogP contribution in [0.4, 0.5) is 0 Å². The van der Waals surface area contributed by atoms with Gasteiger partial charge in [0, 0.05) is 0 Å². The first-order valence-corrected chi connectivity index (χ1v) is 4.99. The molecule has 1 N–H and O–H groups in total. The van der Waals surface area contributed by atoms with Gasteiger partial charge in [0.05, 0.1) is 5.60 Å². The van der Waals surface area contributed by atoms with Gasteiger partial charge in [-0.2, -0.15) is 0 Å². The van der Waals surface area contributed by atoms with Gasteiger partial charge in [-0.15, -0.1) is 0 Å². The first kappa shape index (κ1) is 8.76. The molecule has 0 amide bonds. The molecule has 2 unspecified atom stereocenters. The first-order chi connectivity index (χ1) is 6.18. The minimum Gasteiger partial charge on any atom is -0.385 e. The molecule has 1 nitrogen and oxygen atoms in total. The Hall–Kier alpha value is -0.820. The molecule has 2 rings (SSSR count). The number of aryl methyl sites for hydroxylation is 1. The number of hydrogen-bond donors (Lipinski definition) is 1. The van der Waals surface area contributed by atoms with Crippen molar-refractivity contribution >= 4 is 0 Å². The monoisotopic (exact) mass is 176 g/mol. The molecular formula is C12H16O. The van der Waals surface area contributed by atoms with Crippen LogP contribution in [0.5, 0.6) is 0 Å². The molecule has 0 heterocycles. The summed E-state index contributed by atoms with van der Waals surface area (Å²) in [5.74, 6) is 0.431. The van der Waals surface area contributed by atoms with E-state index in [9.17, 15) is 5.11 Å². The average molecular weight is 176 g/mol. The maximum atomic E-state index is 10.2. The normalized spacial score (nSPS) is 31.8. The van der Waals surface area contributed by atoms with Gasteiger partial charge in [0.1, 0.15) is 0 Å². The van der Waals surface area contributed by atoms with E-state index in [2.05, 4.69) is 26.0 Å². The molecule has 1 heteroatoms. The van der Waals surface area contributed by atoms with Crippen LogP contribution in [0, 0.1) is 5.92 Å². The molecule has 0 aliphatic heterocycles. The van der Waals surface area contributed by atoms with Gasteiger partial charge in [-0.1, -0.05) is 38.1 Å². The molecular weight excluding hydrogens is 160 g/mol. The molecule has 1 aliphatic carbocycles. The molecule has 1 saturated carbocycles.